The Morgan fingerprint density at radius 3 is 2.67 bits per heavy atom. The van der Waals surface area contributed by atoms with E-state index >= 15 is 4.39 Å². The molecule has 3 aromatic rings. The van der Waals surface area contributed by atoms with Crippen molar-refractivity contribution in [2.75, 3.05) is 18.3 Å². The summed E-state index contributed by atoms with van der Waals surface area (Å²) in [6, 6.07) is 13.6. The first-order chi connectivity index (χ1) is 17.5. The van der Waals surface area contributed by atoms with Crippen LogP contribution in [-0.2, 0) is 10.5 Å². The average molecular weight is 506 g/mol. The summed E-state index contributed by atoms with van der Waals surface area (Å²) in [5.74, 6) is -0.695. The van der Waals surface area contributed by atoms with Gasteiger partial charge in [-0.3, -0.25) is 19.3 Å². The molecule has 1 N–H and O–H groups in total. The Kier molecular flexibility index (Phi) is 4.78. The maximum Gasteiger partial charge on any atom is 0.278 e. The van der Waals surface area contributed by atoms with Gasteiger partial charge in [-0.2, -0.15) is 0 Å². The predicted molar refractivity (Wildman–Crippen MR) is 132 cm³/mol. The van der Waals surface area contributed by atoms with Crippen LogP contribution in [0.15, 0.2) is 64.4 Å². The summed E-state index contributed by atoms with van der Waals surface area (Å²) in [5, 5.41) is 12.7. The van der Waals surface area contributed by atoms with Crippen molar-refractivity contribution in [1.82, 2.24) is 9.58 Å². The lowest BCUT2D eigenvalue weighted by atomic mass is 9.70. The lowest BCUT2D eigenvalue weighted by Crippen LogP contribution is -2.66. The summed E-state index contributed by atoms with van der Waals surface area (Å²) in [5.41, 5.74) is 1.47. The summed E-state index contributed by atoms with van der Waals surface area (Å²) in [4.78, 5) is 28.8. The molecule has 2 aromatic carbocycles. The van der Waals surface area contributed by atoms with Crippen molar-refractivity contribution in [3.05, 3.63) is 93.2 Å². The van der Waals surface area contributed by atoms with E-state index in [0.29, 0.717) is 24.2 Å². The Hall–Kier alpha value is -3.30. The van der Waals surface area contributed by atoms with Crippen LogP contribution in [0, 0.1) is 5.82 Å². The van der Waals surface area contributed by atoms with E-state index in [-0.39, 0.29) is 29.8 Å². The van der Waals surface area contributed by atoms with E-state index in [4.69, 9.17) is 4.74 Å². The molecule has 1 aliphatic carbocycles. The highest BCUT2D eigenvalue weighted by Crippen LogP contribution is 2.49. The van der Waals surface area contributed by atoms with Crippen LogP contribution in [0.2, 0.25) is 0 Å². The molecule has 7 nitrogen and oxygen atoms in total. The molecule has 1 aromatic heterocycles. The highest BCUT2D eigenvalue weighted by atomic mass is 32.2. The number of hydrogen-bond acceptors (Lipinski definition) is 6. The van der Waals surface area contributed by atoms with Crippen LogP contribution in [0.4, 0.5) is 4.39 Å². The number of ether oxygens (including phenoxy) is 1. The van der Waals surface area contributed by atoms with Gasteiger partial charge >= 0.3 is 0 Å². The smallest absolute Gasteiger partial charge is 0.278 e. The number of nitrogens with zero attached hydrogens (tertiary/aromatic N) is 3. The molecule has 0 unspecified atom stereocenters. The van der Waals surface area contributed by atoms with Gasteiger partial charge in [0.25, 0.3) is 5.91 Å². The molecular formula is C27H24FN3O4S. The third-order valence-electron chi connectivity index (χ3n) is 8.02. The summed E-state index contributed by atoms with van der Waals surface area (Å²) in [6.07, 6.45) is 3.91. The number of hydrogen-bond donors (Lipinski definition) is 1. The van der Waals surface area contributed by atoms with Gasteiger partial charge in [0.2, 0.25) is 5.43 Å². The molecule has 7 rings (SSSR count). The first-order valence-electron chi connectivity index (χ1n) is 12.1. The van der Waals surface area contributed by atoms with Gasteiger partial charge in [0, 0.05) is 34.5 Å². The van der Waals surface area contributed by atoms with E-state index in [1.807, 2.05) is 35.3 Å². The van der Waals surface area contributed by atoms with Crippen molar-refractivity contribution < 1.29 is 19.0 Å². The first kappa shape index (κ1) is 21.9. The number of pyridine rings is 1. The van der Waals surface area contributed by atoms with Gasteiger partial charge in [-0.1, -0.05) is 30.3 Å². The molecule has 3 aliphatic heterocycles. The summed E-state index contributed by atoms with van der Waals surface area (Å²) >= 11 is 1.65. The van der Waals surface area contributed by atoms with Crippen LogP contribution in [-0.4, -0.2) is 45.5 Å². The topological polar surface area (TPSA) is 75.0 Å². The minimum atomic E-state index is -0.618. The second kappa shape index (κ2) is 7.85. The maximum atomic E-state index is 15.6. The quantitative estimate of drug-likeness (QED) is 0.572. The molecule has 1 amide bonds. The van der Waals surface area contributed by atoms with Crippen molar-refractivity contribution in [1.29, 1.82) is 0 Å². The Labute approximate surface area is 211 Å². The van der Waals surface area contributed by atoms with E-state index in [1.54, 1.807) is 22.7 Å². The van der Waals surface area contributed by atoms with E-state index in [0.717, 1.165) is 29.1 Å². The Bertz CT molecular complexity index is 1460. The van der Waals surface area contributed by atoms with E-state index in [9.17, 15) is 14.7 Å². The third-order valence-corrected chi connectivity index (χ3v) is 9.16. The van der Waals surface area contributed by atoms with Gasteiger partial charge in [-0.25, -0.2) is 4.39 Å². The molecule has 4 heterocycles. The average Bonchev–Trinajstić information content (AvgIpc) is 2.99. The largest absolute Gasteiger partial charge is 0.502 e. The molecule has 1 saturated carbocycles. The minimum absolute atomic E-state index is 0.0840. The molecular weight excluding hydrogens is 481 g/mol. The number of carbonyl (C=O) groups is 1. The predicted octanol–water partition coefficient (Wildman–Crippen LogP) is 3.76. The van der Waals surface area contributed by atoms with Crippen LogP contribution in [0.3, 0.4) is 0 Å². The molecule has 184 valence electrons. The van der Waals surface area contributed by atoms with Crippen LogP contribution >= 0.6 is 11.8 Å². The Morgan fingerprint density at radius 1 is 1.08 bits per heavy atom. The fraction of sp³-hybridized carbons (Fsp3) is 0.333. The zero-order chi connectivity index (χ0) is 24.6. The van der Waals surface area contributed by atoms with Crippen molar-refractivity contribution in [2.24, 2.45) is 0 Å². The number of halogens is 1. The maximum absolute atomic E-state index is 15.6. The number of benzene rings is 2. The number of aromatic nitrogens is 1. The number of thioether (sulfide) groups is 1. The van der Waals surface area contributed by atoms with E-state index in [2.05, 4.69) is 0 Å². The van der Waals surface area contributed by atoms with E-state index in [1.165, 1.54) is 23.0 Å². The van der Waals surface area contributed by atoms with Crippen molar-refractivity contribution >= 4 is 17.7 Å². The summed E-state index contributed by atoms with van der Waals surface area (Å²) in [6.45, 7) is 0.921. The van der Waals surface area contributed by atoms with Crippen LogP contribution < -0.4 is 10.4 Å². The second-order valence-corrected chi connectivity index (χ2v) is 11.0. The molecule has 0 bridgehead atoms. The molecule has 4 aliphatic rings. The molecule has 1 spiro atoms. The second-order valence-electron chi connectivity index (χ2n) is 9.96. The van der Waals surface area contributed by atoms with E-state index < -0.39 is 23.1 Å². The highest BCUT2D eigenvalue weighted by molar-refractivity contribution is 7.98. The Morgan fingerprint density at radius 2 is 1.89 bits per heavy atom. The van der Waals surface area contributed by atoms with Crippen molar-refractivity contribution in [3.63, 3.8) is 0 Å². The molecule has 1 atom stereocenters. The zero-order valence-corrected chi connectivity index (χ0v) is 20.2. The van der Waals surface area contributed by atoms with Crippen molar-refractivity contribution in [2.45, 2.75) is 47.6 Å². The lowest BCUT2D eigenvalue weighted by molar-refractivity contribution is -0.213. The van der Waals surface area contributed by atoms with Gasteiger partial charge in [-0.15, -0.1) is 11.8 Å². The molecule has 36 heavy (non-hydrogen) atoms. The zero-order valence-electron chi connectivity index (χ0n) is 19.4. The van der Waals surface area contributed by atoms with Crippen LogP contribution in [0.25, 0.3) is 0 Å². The molecule has 1 saturated heterocycles. The molecule has 2 fully saturated rings. The molecule has 0 radical (unpaired) electrons. The van der Waals surface area contributed by atoms with Gasteiger partial charge in [0.15, 0.2) is 11.4 Å². The number of carbonyl (C=O) groups excluding carboxylic acids is 1. The number of amides is 1. The first-order valence-corrected chi connectivity index (χ1v) is 13.1. The Balaban J connectivity index is 1.42. The third kappa shape index (κ3) is 3.08. The van der Waals surface area contributed by atoms with Gasteiger partial charge in [-0.05, 0) is 42.5 Å². The number of fused-ring (bicyclic) bond motifs is 3. The van der Waals surface area contributed by atoms with Gasteiger partial charge in [0.05, 0.1) is 12.2 Å². The highest BCUT2D eigenvalue weighted by Gasteiger charge is 2.54. The monoisotopic (exact) mass is 505 g/mol. The summed E-state index contributed by atoms with van der Waals surface area (Å²) < 4.78 is 22.9. The molecule has 9 heteroatoms. The summed E-state index contributed by atoms with van der Waals surface area (Å²) in [7, 11) is 0. The minimum Gasteiger partial charge on any atom is -0.502 e. The van der Waals surface area contributed by atoms with Crippen molar-refractivity contribution in [3.8, 4) is 5.75 Å². The van der Waals surface area contributed by atoms with Gasteiger partial charge in [0.1, 0.15) is 18.5 Å². The fourth-order valence-corrected chi connectivity index (χ4v) is 7.13. The van der Waals surface area contributed by atoms with Gasteiger partial charge < -0.3 is 14.7 Å². The lowest BCUT2D eigenvalue weighted by Gasteiger charge is -2.57. The standard InChI is InChI=1S/C27H24FN3O4S/c28-19-6-3-4-16-14-36-21-7-2-1-5-18(21)23(22(16)19)31-15-29(17-12-27(13-17)9-11-35-27)26(34)24-25(33)20(32)8-10-30(24)31/h1-8,10,17,23,33H,9,11-15H2/t17?,23-,27?/m1/s1. The SMILES string of the molecule is O=C1c2c(O)c(=O)ccn2N([C@@H]2c3ccccc3SCc3cccc(F)c32)CN1C1CC2(CCO2)C1. The number of aromatic hydroxyl groups is 1. The number of rotatable bonds is 2. The fourth-order valence-electron chi connectivity index (χ4n) is 6.05. The normalized spacial score (nSPS) is 26.4. The van der Waals surface area contributed by atoms with Crippen LogP contribution in [0.5, 0.6) is 5.75 Å². The van der Waals surface area contributed by atoms with Crippen LogP contribution in [0.1, 0.15) is 52.5 Å².